The fourth-order valence-corrected chi connectivity index (χ4v) is 3.80. The summed E-state index contributed by atoms with van der Waals surface area (Å²) < 4.78 is 0. The molecule has 0 N–H and O–H groups in total. The lowest BCUT2D eigenvalue weighted by molar-refractivity contribution is -0.164. The number of carbonyl (C=O) groups is 2. The lowest BCUT2D eigenvalue weighted by Gasteiger charge is -2.48. The summed E-state index contributed by atoms with van der Waals surface area (Å²) in [5, 5.41) is 0. The second-order valence-electron chi connectivity index (χ2n) is 7.36. The first-order valence-corrected chi connectivity index (χ1v) is 8.81. The van der Waals surface area contributed by atoms with Gasteiger partial charge in [-0.2, -0.15) is 0 Å². The Morgan fingerprint density at radius 3 is 2.46 bits per heavy atom. The maximum Gasteiger partial charge on any atom is 0.247 e. The second kappa shape index (κ2) is 6.93. The Hall–Kier alpha value is -1.88. The molecule has 2 aliphatic heterocycles. The molecule has 2 aliphatic rings. The minimum atomic E-state index is -0.382. The Morgan fingerprint density at radius 2 is 1.79 bits per heavy atom. The highest BCUT2D eigenvalue weighted by molar-refractivity contribution is 5.97. The number of carbonyl (C=O) groups excluding carboxylic acids is 2. The van der Waals surface area contributed by atoms with Crippen molar-refractivity contribution in [2.45, 2.75) is 32.4 Å². The first kappa shape index (κ1) is 17.0. The van der Waals surface area contributed by atoms with Gasteiger partial charge in [0.15, 0.2) is 0 Å². The van der Waals surface area contributed by atoms with Gasteiger partial charge in [-0.1, -0.05) is 44.2 Å². The van der Waals surface area contributed by atoms with E-state index in [9.17, 15) is 9.59 Å². The van der Waals surface area contributed by atoms with Gasteiger partial charge in [0.05, 0.1) is 0 Å². The van der Waals surface area contributed by atoms with Crippen molar-refractivity contribution in [3.8, 4) is 0 Å². The average molecular weight is 329 g/mol. The zero-order chi connectivity index (χ0) is 17.3. The molecule has 0 spiro atoms. The molecule has 2 amide bonds. The van der Waals surface area contributed by atoms with Gasteiger partial charge in [-0.15, -0.1) is 0 Å². The highest BCUT2D eigenvalue weighted by Gasteiger charge is 2.46. The first-order valence-electron chi connectivity index (χ1n) is 8.81. The molecule has 2 fully saturated rings. The van der Waals surface area contributed by atoms with Crippen LogP contribution in [0.4, 0.5) is 0 Å². The van der Waals surface area contributed by atoms with E-state index in [4.69, 9.17) is 0 Å². The van der Waals surface area contributed by atoms with Crippen LogP contribution in [0.1, 0.15) is 19.4 Å². The molecule has 1 aromatic rings. The zero-order valence-corrected chi connectivity index (χ0v) is 14.8. The minimum absolute atomic E-state index is 0.0731. The van der Waals surface area contributed by atoms with Crippen LogP contribution in [0.3, 0.4) is 0 Å². The van der Waals surface area contributed by atoms with E-state index in [0.29, 0.717) is 25.4 Å². The van der Waals surface area contributed by atoms with Crippen molar-refractivity contribution in [2.75, 3.05) is 33.2 Å². The van der Waals surface area contributed by atoms with Crippen LogP contribution in [0.25, 0.3) is 0 Å². The molecule has 0 unspecified atom stereocenters. The number of fused-ring (bicyclic) bond motifs is 1. The fraction of sp³-hybridized carbons (Fsp3) is 0.579. The summed E-state index contributed by atoms with van der Waals surface area (Å²) in [6.07, 6.45) is 0.584. The number of nitrogens with zero attached hydrogens (tertiary/aromatic N) is 3. The summed E-state index contributed by atoms with van der Waals surface area (Å²) in [6, 6.07) is 9.23. The van der Waals surface area contributed by atoms with Crippen molar-refractivity contribution >= 4 is 11.8 Å². The Bertz CT molecular complexity index is 602. The number of benzene rings is 1. The third-order valence-electron chi connectivity index (χ3n) is 5.03. The van der Waals surface area contributed by atoms with Crippen LogP contribution in [0.15, 0.2) is 30.3 Å². The summed E-state index contributed by atoms with van der Waals surface area (Å²) in [4.78, 5) is 31.6. The number of likely N-dealkylation sites (N-methyl/N-ethyl adjacent to an activating group) is 1. The van der Waals surface area contributed by atoms with Crippen molar-refractivity contribution in [3.63, 3.8) is 0 Å². The summed E-state index contributed by atoms with van der Waals surface area (Å²) in [5.41, 5.74) is 1.09. The van der Waals surface area contributed by atoms with Gasteiger partial charge >= 0.3 is 0 Å². The Kier molecular flexibility index (Phi) is 4.90. The molecule has 0 radical (unpaired) electrons. The second-order valence-corrected chi connectivity index (χ2v) is 7.36. The van der Waals surface area contributed by atoms with E-state index in [0.717, 1.165) is 18.7 Å². The van der Waals surface area contributed by atoms with Gasteiger partial charge in [0, 0.05) is 39.6 Å². The lowest BCUT2D eigenvalue weighted by Crippen LogP contribution is -2.69. The standard InChI is InChI=1S/C19H27N3O2/c1-14(2)12-21-9-10-22-17(13-21)18(23)20(3)16(19(22)24)11-15-7-5-4-6-8-15/h4-8,14,16-17H,9-13H2,1-3H3/t16-,17+/m0/s1. The predicted molar refractivity (Wildman–Crippen MR) is 93.5 cm³/mol. The topological polar surface area (TPSA) is 43.9 Å². The zero-order valence-electron chi connectivity index (χ0n) is 14.8. The van der Waals surface area contributed by atoms with Crippen LogP contribution in [-0.2, 0) is 16.0 Å². The lowest BCUT2D eigenvalue weighted by atomic mass is 9.96. The van der Waals surface area contributed by atoms with Gasteiger partial charge in [0.25, 0.3) is 0 Å². The van der Waals surface area contributed by atoms with E-state index in [1.807, 2.05) is 35.2 Å². The van der Waals surface area contributed by atoms with Gasteiger partial charge in [0.2, 0.25) is 11.8 Å². The number of rotatable bonds is 4. The highest BCUT2D eigenvalue weighted by atomic mass is 16.2. The molecule has 5 nitrogen and oxygen atoms in total. The average Bonchev–Trinajstić information content (AvgIpc) is 2.57. The molecule has 0 bridgehead atoms. The van der Waals surface area contributed by atoms with Crippen LogP contribution in [0, 0.1) is 5.92 Å². The molecular weight excluding hydrogens is 302 g/mol. The van der Waals surface area contributed by atoms with Crippen molar-refractivity contribution in [1.29, 1.82) is 0 Å². The van der Waals surface area contributed by atoms with E-state index in [1.165, 1.54) is 0 Å². The Balaban J connectivity index is 1.74. The van der Waals surface area contributed by atoms with Crippen LogP contribution in [0.5, 0.6) is 0 Å². The van der Waals surface area contributed by atoms with Crippen LogP contribution in [0.2, 0.25) is 0 Å². The molecule has 0 aliphatic carbocycles. The molecule has 1 aromatic carbocycles. The van der Waals surface area contributed by atoms with Crippen LogP contribution in [-0.4, -0.2) is 71.8 Å². The smallest absolute Gasteiger partial charge is 0.247 e. The molecule has 0 aromatic heterocycles. The van der Waals surface area contributed by atoms with E-state index in [-0.39, 0.29) is 23.9 Å². The number of amides is 2. The number of hydrogen-bond donors (Lipinski definition) is 0. The van der Waals surface area contributed by atoms with Gasteiger partial charge in [-0.3, -0.25) is 14.5 Å². The van der Waals surface area contributed by atoms with Gasteiger partial charge in [0.1, 0.15) is 12.1 Å². The van der Waals surface area contributed by atoms with E-state index < -0.39 is 0 Å². The summed E-state index contributed by atoms with van der Waals surface area (Å²) in [5.74, 6) is 0.730. The molecule has 0 saturated carbocycles. The maximum absolute atomic E-state index is 13.0. The number of hydrogen-bond acceptors (Lipinski definition) is 3. The molecule has 130 valence electrons. The molecule has 2 saturated heterocycles. The normalized spacial score (nSPS) is 25.3. The monoisotopic (exact) mass is 329 g/mol. The van der Waals surface area contributed by atoms with Crippen LogP contribution < -0.4 is 0 Å². The molecular formula is C19H27N3O2. The van der Waals surface area contributed by atoms with Gasteiger partial charge < -0.3 is 9.80 Å². The molecule has 24 heavy (non-hydrogen) atoms. The van der Waals surface area contributed by atoms with E-state index in [2.05, 4.69) is 18.7 Å². The summed E-state index contributed by atoms with van der Waals surface area (Å²) >= 11 is 0. The minimum Gasteiger partial charge on any atom is -0.332 e. The fourth-order valence-electron chi connectivity index (χ4n) is 3.80. The quantitative estimate of drug-likeness (QED) is 0.835. The Labute approximate surface area is 144 Å². The summed E-state index contributed by atoms with van der Waals surface area (Å²) in [6.45, 7) is 7.51. The first-order chi connectivity index (χ1) is 11.5. The molecule has 2 heterocycles. The van der Waals surface area contributed by atoms with E-state index in [1.54, 1.807) is 11.9 Å². The molecule has 5 heteroatoms. The van der Waals surface area contributed by atoms with Crippen molar-refractivity contribution in [3.05, 3.63) is 35.9 Å². The predicted octanol–water partition coefficient (Wildman–Crippen LogP) is 1.24. The summed E-state index contributed by atoms with van der Waals surface area (Å²) in [7, 11) is 1.77. The molecule has 2 atom stereocenters. The van der Waals surface area contributed by atoms with Crippen molar-refractivity contribution in [1.82, 2.24) is 14.7 Å². The third-order valence-corrected chi connectivity index (χ3v) is 5.03. The highest BCUT2D eigenvalue weighted by Crippen LogP contribution is 2.23. The van der Waals surface area contributed by atoms with E-state index >= 15 is 0 Å². The van der Waals surface area contributed by atoms with Crippen molar-refractivity contribution < 1.29 is 9.59 Å². The van der Waals surface area contributed by atoms with Gasteiger partial charge in [-0.25, -0.2) is 0 Å². The van der Waals surface area contributed by atoms with Crippen molar-refractivity contribution in [2.24, 2.45) is 5.92 Å². The largest absolute Gasteiger partial charge is 0.332 e. The SMILES string of the molecule is CC(C)CN1CCN2C(=O)[C@H](Cc3ccccc3)N(C)C(=O)[C@H]2C1. The molecule has 3 rings (SSSR count). The number of piperazine rings is 2. The van der Waals surface area contributed by atoms with Crippen LogP contribution >= 0.6 is 0 Å². The Morgan fingerprint density at radius 1 is 1.08 bits per heavy atom. The maximum atomic E-state index is 13.0. The van der Waals surface area contributed by atoms with Gasteiger partial charge in [-0.05, 0) is 11.5 Å². The third kappa shape index (κ3) is 3.31.